The Morgan fingerprint density at radius 2 is 2.27 bits per heavy atom. The topological polar surface area (TPSA) is 46.9 Å². The third-order valence-electron chi connectivity index (χ3n) is 2.50. The zero-order valence-corrected chi connectivity index (χ0v) is 11.1. The van der Waals surface area contributed by atoms with E-state index in [9.17, 15) is 4.79 Å². The highest BCUT2D eigenvalue weighted by Gasteiger charge is 2.30. The minimum absolute atomic E-state index is 0.0382. The predicted octanol–water partition coefficient (Wildman–Crippen LogP) is 1.85. The number of nitrogens with one attached hydrogen (secondary N) is 1. The van der Waals surface area contributed by atoms with Crippen molar-refractivity contribution in [3.8, 4) is 0 Å². The Labute approximate surface area is 98.2 Å². The first-order valence-electron chi connectivity index (χ1n) is 4.89. The predicted molar refractivity (Wildman–Crippen MR) is 63.1 cm³/mol. The van der Waals surface area contributed by atoms with Gasteiger partial charge in [0.2, 0.25) is 5.78 Å². The lowest BCUT2D eigenvalue weighted by molar-refractivity contribution is 0.0877. The lowest BCUT2D eigenvalue weighted by Crippen LogP contribution is -2.45. The van der Waals surface area contributed by atoms with Gasteiger partial charge in [0.05, 0.1) is 16.2 Å². The molecular weight excluding hydrogens is 258 g/mol. The smallest absolute Gasteiger partial charge is 0.201 e. The molecule has 1 rings (SSSR count). The van der Waals surface area contributed by atoms with Crippen LogP contribution in [0, 0.1) is 0 Å². The molecule has 84 valence electrons. The number of hydrogen-bond acceptors (Lipinski definition) is 3. The van der Waals surface area contributed by atoms with Gasteiger partial charge in [0, 0.05) is 6.54 Å². The monoisotopic (exact) mass is 273 g/mol. The van der Waals surface area contributed by atoms with Gasteiger partial charge in [-0.25, -0.2) is 0 Å². The van der Waals surface area contributed by atoms with Crippen LogP contribution in [0.3, 0.4) is 0 Å². The van der Waals surface area contributed by atoms with Gasteiger partial charge in [-0.2, -0.15) is 5.10 Å². The summed E-state index contributed by atoms with van der Waals surface area (Å²) in [6.45, 7) is 6.36. The van der Waals surface area contributed by atoms with Crippen LogP contribution in [0.5, 0.6) is 0 Å². The molecule has 0 aliphatic rings. The van der Waals surface area contributed by atoms with Crippen LogP contribution < -0.4 is 5.32 Å². The van der Waals surface area contributed by atoms with Crippen molar-refractivity contribution >= 4 is 21.7 Å². The summed E-state index contributed by atoms with van der Waals surface area (Å²) in [4.78, 5) is 12.2. The number of aryl methyl sites for hydroxylation is 1. The van der Waals surface area contributed by atoms with E-state index in [2.05, 4.69) is 26.3 Å². The van der Waals surface area contributed by atoms with Crippen LogP contribution in [0.1, 0.15) is 31.3 Å². The number of likely N-dealkylation sites (N-methyl/N-ethyl adjacent to an activating group) is 1. The van der Waals surface area contributed by atoms with Crippen molar-refractivity contribution in [2.24, 2.45) is 0 Å². The largest absolute Gasteiger partial charge is 0.308 e. The maximum Gasteiger partial charge on any atom is 0.201 e. The molecule has 0 aliphatic carbocycles. The molecule has 0 amide bonds. The molecule has 1 N–H and O–H groups in total. The zero-order chi connectivity index (χ0) is 11.6. The number of Topliss-reactive ketones (excluding diaryl/α,β-unsaturated/α-hetero) is 1. The summed E-state index contributed by atoms with van der Waals surface area (Å²) in [6.07, 6.45) is 1.66. The maximum absolute atomic E-state index is 12.2. The van der Waals surface area contributed by atoms with Gasteiger partial charge in [-0.15, -0.1) is 0 Å². The molecule has 1 aromatic heterocycles. The molecule has 0 saturated carbocycles. The average Bonchev–Trinajstić information content (AvgIpc) is 2.58. The molecule has 1 heterocycles. The Morgan fingerprint density at radius 1 is 1.67 bits per heavy atom. The number of halogens is 1. The second kappa shape index (κ2) is 4.45. The molecule has 0 saturated heterocycles. The second-order valence-electron chi connectivity index (χ2n) is 3.86. The van der Waals surface area contributed by atoms with Gasteiger partial charge >= 0.3 is 0 Å². The Morgan fingerprint density at radius 3 is 2.73 bits per heavy atom. The Hall–Kier alpha value is -0.680. The molecule has 4 nitrogen and oxygen atoms in total. The zero-order valence-electron chi connectivity index (χ0n) is 9.47. The molecule has 0 radical (unpaired) electrons. The highest BCUT2D eigenvalue weighted by molar-refractivity contribution is 9.10. The van der Waals surface area contributed by atoms with Gasteiger partial charge in [-0.05, 0) is 43.7 Å². The molecule has 0 bridgehead atoms. The second-order valence-corrected chi connectivity index (χ2v) is 4.72. The fraction of sp³-hybridized carbons (Fsp3) is 0.600. The number of rotatable bonds is 4. The quantitative estimate of drug-likeness (QED) is 0.852. The highest BCUT2D eigenvalue weighted by atomic mass is 79.9. The Kier molecular flexibility index (Phi) is 3.67. The fourth-order valence-corrected chi connectivity index (χ4v) is 1.71. The lowest BCUT2D eigenvalue weighted by atomic mass is 9.97. The van der Waals surface area contributed by atoms with Gasteiger partial charge in [0.15, 0.2) is 0 Å². The summed E-state index contributed by atoms with van der Waals surface area (Å²) in [5, 5.41) is 7.12. The number of carbonyl (C=O) groups is 1. The van der Waals surface area contributed by atoms with Gasteiger partial charge < -0.3 is 5.32 Å². The maximum atomic E-state index is 12.2. The minimum Gasteiger partial charge on any atom is -0.308 e. The van der Waals surface area contributed by atoms with Gasteiger partial charge in [-0.1, -0.05) is 0 Å². The fourth-order valence-electron chi connectivity index (χ4n) is 1.24. The van der Waals surface area contributed by atoms with Crippen molar-refractivity contribution < 1.29 is 4.79 Å². The molecule has 0 aliphatic heterocycles. The summed E-state index contributed by atoms with van der Waals surface area (Å²) in [5.41, 5.74) is 0.0481. The van der Waals surface area contributed by atoms with Crippen molar-refractivity contribution in [2.75, 3.05) is 7.05 Å². The molecule has 15 heavy (non-hydrogen) atoms. The number of ketones is 1. The van der Waals surface area contributed by atoms with Crippen LogP contribution in [0.4, 0.5) is 0 Å². The normalized spacial score (nSPS) is 11.8. The summed E-state index contributed by atoms with van der Waals surface area (Å²) < 4.78 is 2.45. The standard InChI is InChI=1S/C10H16BrN3O/c1-5-14-8(7(11)6-13-14)9(15)10(2,3)12-4/h6,12H,5H2,1-4H3. The summed E-state index contributed by atoms with van der Waals surface area (Å²) >= 11 is 3.35. The molecule has 0 spiro atoms. The minimum atomic E-state index is -0.574. The van der Waals surface area contributed by atoms with Crippen LogP contribution in [-0.4, -0.2) is 28.2 Å². The first kappa shape index (κ1) is 12.4. The lowest BCUT2D eigenvalue weighted by Gasteiger charge is -2.22. The van der Waals surface area contributed by atoms with E-state index in [1.54, 1.807) is 17.9 Å². The first-order chi connectivity index (χ1) is 6.94. The van der Waals surface area contributed by atoms with Crippen LogP contribution in [0.25, 0.3) is 0 Å². The first-order valence-corrected chi connectivity index (χ1v) is 5.68. The van der Waals surface area contributed by atoms with Crippen LogP contribution in [-0.2, 0) is 6.54 Å². The van der Waals surface area contributed by atoms with E-state index in [4.69, 9.17) is 0 Å². The van der Waals surface area contributed by atoms with E-state index in [1.165, 1.54) is 0 Å². The molecule has 0 atom stereocenters. The molecule has 1 aromatic rings. The summed E-state index contributed by atoms with van der Waals surface area (Å²) in [7, 11) is 1.78. The van der Waals surface area contributed by atoms with Crippen molar-refractivity contribution in [1.29, 1.82) is 0 Å². The van der Waals surface area contributed by atoms with Crippen LogP contribution in [0.2, 0.25) is 0 Å². The molecule has 5 heteroatoms. The van der Waals surface area contributed by atoms with Crippen molar-refractivity contribution in [3.63, 3.8) is 0 Å². The SMILES string of the molecule is CCn1ncc(Br)c1C(=O)C(C)(C)NC. The summed E-state index contributed by atoms with van der Waals surface area (Å²) in [5.74, 6) is 0.0382. The van der Waals surface area contributed by atoms with Gasteiger partial charge in [0.1, 0.15) is 5.69 Å². The van der Waals surface area contributed by atoms with E-state index in [0.717, 1.165) is 4.47 Å². The van der Waals surface area contributed by atoms with E-state index in [-0.39, 0.29) is 5.78 Å². The molecule has 0 fully saturated rings. The number of carbonyl (C=O) groups excluding carboxylic acids is 1. The summed E-state index contributed by atoms with van der Waals surface area (Å²) in [6, 6.07) is 0. The Bertz CT molecular complexity index is 371. The van der Waals surface area contributed by atoms with E-state index >= 15 is 0 Å². The Balaban J connectivity index is 3.16. The number of aromatic nitrogens is 2. The molecular formula is C10H16BrN3O. The van der Waals surface area contributed by atoms with E-state index in [0.29, 0.717) is 12.2 Å². The number of hydrogen-bond donors (Lipinski definition) is 1. The van der Waals surface area contributed by atoms with Crippen LogP contribution >= 0.6 is 15.9 Å². The third-order valence-corrected chi connectivity index (χ3v) is 3.08. The average molecular weight is 274 g/mol. The van der Waals surface area contributed by atoms with Crippen molar-refractivity contribution in [2.45, 2.75) is 32.9 Å². The molecule has 0 unspecified atom stereocenters. The van der Waals surface area contributed by atoms with Gasteiger partial charge in [0.25, 0.3) is 0 Å². The third kappa shape index (κ3) is 2.29. The number of nitrogens with zero attached hydrogens (tertiary/aromatic N) is 2. The van der Waals surface area contributed by atoms with Crippen LogP contribution in [0.15, 0.2) is 10.7 Å². The van der Waals surface area contributed by atoms with Crippen molar-refractivity contribution in [3.05, 3.63) is 16.4 Å². The van der Waals surface area contributed by atoms with Gasteiger partial charge in [-0.3, -0.25) is 9.48 Å². The van der Waals surface area contributed by atoms with E-state index in [1.807, 2.05) is 20.8 Å². The van der Waals surface area contributed by atoms with Crippen molar-refractivity contribution in [1.82, 2.24) is 15.1 Å². The molecule has 0 aromatic carbocycles. The van der Waals surface area contributed by atoms with E-state index < -0.39 is 5.54 Å². The highest BCUT2D eigenvalue weighted by Crippen LogP contribution is 2.21.